The third-order valence-electron chi connectivity index (χ3n) is 11.5. The van der Waals surface area contributed by atoms with E-state index < -0.39 is 89.8 Å². The summed E-state index contributed by atoms with van der Waals surface area (Å²) in [4.78, 5) is 108. The Labute approximate surface area is 387 Å². The van der Waals surface area contributed by atoms with Gasteiger partial charge in [0.25, 0.3) is 0 Å². The summed E-state index contributed by atoms with van der Waals surface area (Å²) in [5, 5.41) is 34.6. The Morgan fingerprint density at radius 2 is 1.42 bits per heavy atom. The van der Waals surface area contributed by atoms with Crippen molar-refractivity contribution in [1.82, 2.24) is 46.4 Å². The SMILES string of the molecule is CSCC[C@H](NC(=O)[C@H](CC(C)C)NC(=O)[C@@H]1CCCN1C(=O)[C@@H](N)[C@@H](C)O)C(=O)N[C@@H](Cc1ccccc1)C(=O)N[C@@H](Cc1c[nH]c2ccccc12)C(=O)N[C@@H](Cc1cnc[nH]1)C(=O)O. The zero-order chi connectivity index (χ0) is 47.9. The Bertz CT molecular complexity index is 2270. The van der Waals surface area contributed by atoms with Crippen molar-refractivity contribution >= 4 is 64.1 Å². The van der Waals surface area contributed by atoms with Crippen LogP contribution in [0.1, 0.15) is 63.3 Å². The molecule has 6 amide bonds. The van der Waals surface area contributed by atoms with Crippen molar-refractivity contribution < 1.29 is 43.8 Å². The van der Waals surface area contributed by atoms with E-state index in [1.165, 1.54) is 36.1 Å². The minimum absolute atomic E-state index is 0.0119. The number of likely N-dealkylation sites (tertiary alicyclic amines) is 1. The van der Waals surface area contributed by atoms with Crippen LogP contribution in [0.2, 0.25) is 0 Å². The number of para-hydroxylation sites is 1. The number of hydrogen-bond donors (Lipinski definition) is 10. The number of nitrogens with zero attached hydrogens (tertiary/aromatic N) is 2. The normalized spacial score (nSPS) is 16.9. The summed E-state index contributed by atoms with van der Waals surface area (Å²) in [6, 6.07) is 7.93. The lowest BCUT2D eigenvalue weighted by Gasteiger charge is -2.30. The number of thioether (sulfide) groups is 1. The van der Waals surface area contributed by atoms with E-state index in [1.807, 2.05) is 44.4 Å². The van der Waals surface area contributed by atoms with Gasteiger partial charge in [-0.15, -0.1) is 0 Å². The van der Waals surface area contributed by atoms with Crippen molar-refractivity contribution in [2.45, 2.75) is 114 Å². The highest BCUT2D eigenvalue weighted by molar-refractivity contribution is 7.98. The van der Waals surface area contributed by atoms with Crippen LogP contribution in [0.25, 0.3) is 10.9 Å². The first-order valence-electron chi connectivity index (χ1n) is 22.1. The number of aliphatic hydroxyl groups excluding tert-OH is 1. The molecule has 0 spiro atoms. The molecule has 3 heterocycles. The number of benzene rings is 2. The maximum atomic E-state index is 14.5. The number of nitrogens with two attached hydrogens (primary N) is 1. The van der Waals surface area contributed by atoms with E-state index in [-0.39, 0.29) is 44.6 Å². The Hall–Kier alpha value is -6.25. The average molecular weight is 931 g/mol. The molecule has 0 unspecified atom stereocenters. The lowest BCUT2D eigenvalue weighted by molar-refractivity contribution is -0.142. The van der Waals surface area contributed by atoms with Crippen molar-refractivity contribution in [3.63, 3.8) is 0 Å². The van der Waals surface area contributed by atoms with Crippen LogP contribution in [0.3, 0.4) is 0 Å². The lowest BCUT2D eigenvalue weighted by atomic mass is 10.0. The maximum absolute atomic E-state index is 14.5. The fourth-order valence-electron chi connectivity index (χ4n) is 7.87. The summed E-state index contributed by atoms with van der Waals surface area (Å²) in [7, 11) is 0. The number of hydrogen-bond acceptors (Lipinski definition) is 11. The second-order valence-electron chi connectivity index (χ2n) is 17.0. The number of aromatic amines is 2. The van der Waals surface area contributed by atoms with Crippen LogP contribution in [0.5, 0.6) is 0 Å². The summed E-state index contributed by atoms with van der Waals surface area (Å²) in [5.41, 5.74) is 8.54. The number of nitrogens with one attached hydrogen (secondary N) is 7. The van der Waals surface area contributed by atoms with Gasteiger partial charge in [0.15, 0.2) is 0 Å². The number of fused-ring (bicyclic) bond motifs is 1. The summed E-state index contributed by atoms with van der Waals surface area (Å²) >= 11 is 1.44. The molecule has 1 saturated heterocycles. The number of H-pyrrole nitrogens is 2. The van der Waals surface area contributed by atoms with E-state index in [1.54, 1.807) is 36.5 Å². The second-order valence-corrected chi connectivity index (χ2v) is 18.0. The monoisotopic (exact) mass is 930 g/mol. The molecule has 0 bridgehead atoms. The van der Waals surface area contributed by atoms with E-state index in [0.29, 0.717) is 35.4 Å². The number of carboxylic acid groups (broad SMARTS) is 1. The van der Waals surface area contributed by atoms with Gasteiger partial charge in [0.2, 0.25) is 35.4 Å². The van der Waals surface area contributed by atoms with Crippen LogP contribution in [-0.4, -0.2) is 138 Å². The minimum atomic E-state index is -1.38. The molecule has 0 radical (unpaired) electrons. The number of aliphatic hydroxyl groups is 1. The van der Waals surface area contributed by atoms with Gasteiger partial charge in [0.05, 0.1) is 12.4 Å². The molecule has 11 N–H and O–H groups in total. The molecule has 8 atom stereocenters. The molecule has 356 valence electrons. The molecule has 20 heteroatoms. The van der Waals surface area contributed by atoms with E-state index >= 15 is 0 Å². The molecule has 2 aromatic heterocycles. The van der Waals surface area contributed by atoms with Gasteiger partial charge in [-0.25, -0.2) is 9.78 Å². The Balaban J connectivity index is 1.38. The zero-order valence-corrected chi connectivity index (χ0v) is 38.4. The highest BCUT2D eigenvalue weighted by Crippen LogP contribution is 2.21. The second kappa shape index (κ2) is 24.3. The highest BCUT2D eigenvalue weighted by atomic mass is 32.2. The van der Waals surface area contributed by atoms with Gasteiger partial charge in [-0.1, -0.05) is 62.4 Å². The third-order valence-corrected chi connectivity index (χ3v) is 12.1. The predicted octanol–water partition coefficient (Wildman–Crippen LogP) is 0.926. The fraction of sp³-hybridized carbons (Fsp3) is 0.478. The average Bonchev–Trinajstić information content (AvgIpc) is 4.09. The Kier molecular flexibility index (Phi) is 18.7. The van der Waals surface area contributed by atoms with Crippen molar-refractivity contribution in [3.05, 3.63) is 90.1 Å². The molecule has 19 nitrogen and oxygen atoms in total. The van der Waals surface area contributed by atoms with E-state index in [9.17, 15) is 43.8 Å². The van der Waals surface area contributed by atoms with Crippen LogP contribution in [0, 0.1) is 5.92 Å². The van der Waals surface area contributed by atoms with Gasteiger partial charge in [-0.2, -0.15) is 11.8 Å². The van der Waals surface area contributed by atoms with Crippen molar-refractivity contribution in [3.8, 4) is 0 Å². The first-order chi connectivity index (χ1) is 31.6. The van der Waals surface area contributed by atoms with Crippen molar-refractivity contribution in [2.75, 3.05) is 18.6 Å². The van der Waals surface area contributed by atoms with Crippen LogP contribution < -0.4 is 32.3 Å². The van der Waals surface area contributed by atoms with Gasteiger partial charge in [0, 0.05) is 54.8 Å². The third kappa shape index (κ3) is 14.1. The molecule has 2 aromatic carbocycles. The van der Waals surface area contributed by atoms with Crippen molar-refractivity contribution in [2.24, 2.45) is 11.7 Å². The smallest absolute Gasteiger partial charge is 0.326 e. The van der Waals surface area contributed by atoms with Crippen LogP contribution >= 0.6 is 11.8 Å². The molecule has 1 aliphatic rings. The summed E-state index contributed by atoms with van der Waals surface area (Å²) in [5.74, 6) is -4.92. The number of aliphatic carboxylic acids is 1. The predicted molar refractivity (Wildman–Crippen MR) is 249 cm³/mol. The maximum Gasteiger partial charge on any atom is 0.326 e. The van der Waals surface area contributed by atoms with Gasteiger partial charge in [-0.05, 0) is 67.7 Å². The van der Waals surface area contributed by atoms with Gasteiger partial charge < -0.3 is 57.4 Å². The first-order valence-corrected chi connectivity index (χ1v) is 23.5. The number of aromatic nitrogens is 3. The zero-order valence-electron chi connectivity index (χ0n) is 37.6. The van der Waals surface area contributed by atoms with Gasteiger partial charge in [0.1, 0.15) is 42.3 Å². The Morgan fingerprint density at radius 3 is 2.06 bits per heavy atom. The quantitative estimate of drug-likeness (QED) is 0.0470. The molecule has 5 rings (SSSR count). The standard InChI is InChI=1S/C46H62N10O9S/c1-26(2)19-34(54-44(62)38-15-10-17-56(38)45(63)39(47)27(3)57)41(59)51-33(16-18-66-4)40(58)52-35(20-28-11-6-5-7-12-28)42(60)53-36(21-29-23-49-32-14-9-8-13-31(29)32)43(61)55-37(46(64)65)22-30-24-48-25-50-30/h5-9,11-14,23-27,33-39,49,57H,10,15-22,47H2,1-4H3,(H,48,50)(H,51,59)(H,52,58)(H,53,60)(H,54,62)(H,55,61)(H,64,65)/t27-,33+,34+,35+,36+,37+,38+,39+/m1/s1. The van der Waals surface area contributed by atoms with E-state index in [2.05, 4.69) is 41.5 Å². The van der Waals surface area contributed by atoms with Crippen LogP contribution in [0.15, 0.2) is 73.3 Å². The molecule has 0 aliphatic carbocycles. The number of imidazole rings is 1. The molecular weight excluding hydrogens is 869 g/mol. The van der Waals surface area contributed by atoms with Gasteiger partial charge in [-0.3, -0.25) is 28.8 Å². The largest absolute Gasteiger partial charge is 0.480 e. The Morgan fingerprint density at radius 1 is 0.803 bits per heavy atom. The summed E-state index contributed by atoms with van der Waals surface area (Å²) in [6.45, 7) is 5.40. The topological polar surface area (TPSA) is 294 Å². The molecule has 4 aromatic rings. The van der Waals surface area contributed by atoms with Crippen LogP contribution in [-0.2, 0) is 52.8 Å². The molecule has 0 saturated carbocycles. The lowest BCUT2D eigenvalue weighted by Crippen LogP contribution is -2.60. The molecule has 1 fully saturated rings. The van der Waals surface area contributed by atoms with Crippen molar-refractivity contribution in [1.29, 1.82) is 0 Å². The van der Waals surface area contributed by atoms with E-state index in [0.717, 1.165) is 10.9 Å². The van der Waals surface area contributed by atoms with Gasteiger partial charge >= 0.3 is 5.97 Å². The summed E-state index contributed by atoms with van der Waals surface area (Å²) in [6.07, 6.45) is 6.31. The van der Waals surface area contributed by atoms with E-state index in [4.69, 9.17) is 5.73 Å². The number of amides is 6. The number of carboxylic acids is 1. The molecule has 66 heavy (non-hydrogen) atoms. The number of rotatable bonds is 24. The number of carbonyl (C=O) groups excluding carboxylic acids is 6. The van der Waals surface area contributed by atoms with Crippen LogP contribution in [0.4, 0.5) is 0 Å². The number of carbonyl (C=O) groups is 7. The highest BCUT2D eigenvalue weighted by Gasteiger charge is 2.39. The minimum Gasteiger partial charge on any atom is -0.480 e. The molecule has 1 aliphatic heterocycles. The fourth-order valence-corrected chi connectivity index (χ4v) is 8.34. The summed E-state index contributed by atoms with van der Waals surface area (Å²) < 4.78 is 0. The first kappa shape index (κ1) is 50.7. The molecular formula is C46H62N10O9S.